The molecule has 0 radical (unpaired) electrons. The molecule has 98 valence electrons. The summed E-state index contributed by atoms with van der Waals surface area (Å²) in [6.45, 7) is 0.961. The molecule has 3 nitrogen and oxygen atoms in total. The lowest BCUT2D eigenvalue weighted by molar-refractivity contribution is 0.0309. The van der Waals surface area contributed by atoms with Crippen LogP contribution in [0.3, 0.4) is 0 Å². The Morgan fingerprint density at radius 3 is 2.56 bits per heavy atom. The summed E-state index contributed by atoms with van der Waals surface area (Å²) >= 11 is 3.59. The van der Waals surface area contributed by atoms with E-state index >= 15 is 0 Å². The van der Waals surface area contributed by atoms with Crippen molar-refractivity contribution in [3.8, 4) is 0 Å². The van der Waals surface area contributed by atoms with E-state index in [9.17, 15) is 5.11 Å². The Labute approximate surface area is 116 Å². The van der Waals surface area contributed by atoms with Crippen molar-refractivity contribution in [2.45, 2.75) is 50.4 Å². The standard InChI is InChI=1S/C14H19BrN2O/c15-14-5-10(16)2-1-9(14)8-17-11-3-4-12(17)7-13(18)6-11/h1-2,5,11-13,18H,3-4,6-8,16H2. The van der Waals surface area contributed by atoms with Crippen molar-refractivity contribution in [3.05, 3.63) is 28.2 Å². The lowest BCUT2D eigenvalue weighted by Crippen LogP contribution is -2.44. The minimum Gasteiger partial charge on any atom is -0.399 e. The van der Waals surface area contributed by atoms with Gasteiger partial charge in [0.05, 0.1) is 6.10 Å². The molecule has 0 aromatic heterocycles. The number of nitrogens with zero attached hydrogens (tertiary/aromatic N) is 1. The predicted molar refractivity (Wildman–Crippen MR) is 76.1 cm³/mol. The third-order valence-corrected chi connectivity index (χ3v) is 5.03. The smallest absolute Gasteiger partial charge is 0.0570 e. The van der Waals surface area contributed by atoms with E-state index < -0.39 is 0 Å². The minimum absolute atomic E-state index is 0.0893. The number of nitrogen functional groups attached to an aromatic ring is 1. The summed E-state index contributed by atoms with van der Waals surface area (Å²) in [6.07, 6.45) is 4.24. The molecule has 1 aromatic carbocycles. The number of aliphatic hydroxyl groups excluding tert-OH is 1. The number of halogens is 1. The molecule has 4 heteroatoms. The summed E-state index contributed by atoms with van der Waals surface area (Å²) in [5.41, 5.74) is 7.85. The number of rotatable bonds is 2. The molecule has 2 bridgehead atoms. The summed E-state index contributed by atoms with van der Waals surface area (Å²) in [5.74, 6) is 0. The molecule has 18 heavy (non-hydrogen) atoms. The van der Waals surface area contributed by atoms with Crippen molar-refractivity contribution in [1.29, 1.82) is 0 Å². The van der Waals surface area contributed by atoms with E-state index in [0.29, 0.717) is 12.1 Å². The molecule has 2 saturated heterocycles. The molecule has 2 heterocycles. The van der Waals surface area contributed by atoms with E-state index in [-0.39, 0.29) is 6.10 Å². The fourth-order valence-electron chi connectivity index (χ4n) is 3.39. The first-order valence-corrected chi connectivity index (χ1v) is 7.40. The molecular weight excluding hydrogens is 292 g/mol. The topological polar surface area (TPSA) is 49.5 Å². The Bertz CT molecular complexity index is 437. The van der Waals surface area contributed by atoms with Gasteiger partial charge in [-0.05, 0) is 43.4 Å². The van der Waals surface area contributed by atoms with Crippen LogP contribution >= 0.6 is 15.9 Å². The first-order chi connectivity index (χ1) is 8.63. The number of hydrogen-bond donors (Lipinski definition) is 2. The van der Waals surface area contributed by atoms with Crippen LogP contribution in [0.1, 0.15) is 31.2 Å². The van der Waals surface area contributed by atoms with Crippen molar-refractivity contribution in [3.63, 3.8) is 0 Å². The highest BCUT2D eigenvalue weighted by Crippen LogP contribution is 2.37. The second-order valence-corrected chi connectivity index (χ2v) is 6.39. The highest BCUT2D eigenvalue weighted by molar-refractivity contribution is 9.10. The zero-order valence-corrected chi connectivity index (χ0v) is 11.9. The lowest BCUT2D eigenvalue weighted by Gasteiger charge is -2.37. The predicted octanol–water partition coefficient (Wildman–Crippen LogP) is 2.52. The maximum absolute atomic E-state index is 9.81. The van der Waals surface area contributed by atoms with Crippen molar-refractivity contribution in [2.24, 2.45) is 0 Å². The number of aliphatic hydroxyl groups is 1. The second-order valence-electron chi connectivity index (χ2n) is 5.53. The van der Waals surface area contributed by atoms with Crippen LogP contribution in [0.5, 0.6) is 0 Å². The molecule has 2 unspecified atom stereocenters. The third kappa shape index (κ3) is 2.29. The fourth-order valence-corrected chi connectivity index (χ4v) is 3.91. The highest BCUT2D eigenvalue weighted by atomic mass is 79.9. The quantitative estimate of drug-likeness (QED) is 0.825. The number of anilines is 1. The Kier molecular flexibility index (Phi) is 3.34. The van der Waals surface area contributed by atoms with Gasteiger partial charge in [0.25, 0.3) is 0 Å². The number of fused-ring (bicyclic) bond motifs is 2. The Morgan fingerprint density at radius 2 is 1.94 bits per heavy atom. The zero-order chi connectivity index (χ0) is 12.7. The van der Waals surface area contributed by atoms with Gasteiger partial charge in [0.2, 0.25) is 0 Å². The van der Waals surface area contributed by atoms with E-state index in [1.54, 1.807) is 0 Å². The largest absolute Gasteiger partial charge is 0.399 e. The molecule has 2 aliphatic rings. The molecule has 0 saturated carbocycles. The number of nitrogens with two attached hydrogens (primary N) is 1. The van der Waals surface area contributed by atoms with Gasteiger partial charge in [0, 0.05) is 28.8 Å². The minimum atomic E-state index is -0.0893. The summed E-state index contributed by atoms with van der Waals surface area (Å²) < 4.78 is 1.09. The molecule has 0 spiro atoms. The average molecular weight is 311 g/mol. The Hall–Kier alpha value is -0.580. The van der Waals surface area contributed by atoms with Gasteiger partial charge in [-0.2, -0.15) is 0 Å². The van der Waals surface area contributed by atoms with E-state index in [0.717, 1.165) is 29.5 Å². The number of piperidine rings is 1. The fraction of sp³-hybridized carbons (Fsp3) is 0.571. The van der Waals surface area contributed by atoms with Gasteiger partial charge in [-0.25, -0.2) is 0 Å². The molecule has 3 rings (SSSR count). The summed E-state index contributed by atoms with van der Waals surface area (Å²) in [5, 5.41) is 9.81. The summed E-state index contributed by atoms with van der Waals surface area (Å²) in [7, 11) is 0. The first kappa shape index (κ1) is 12.5. The summed E-state index contributed by atoms with van der Waals surface area (Å²) in [6, 6.07) is 7.15. The van der Waals surface area contributed by atoms with Gasteiger partial charge in [-0.15, -0.1) is 0 Å². The van der Waals surface area contributed by atoms with Crippen LogP contribution < -0.4 is 5.73 Å². The second kappa shape index (κ2) is 4.83. The van der Waals surface area contributed by atoms with Crippen molar-refractivity contribution in [1.82, 2.24) is 4.90 Å². The Morgan fingerprint density at radius 1 is 1.28 bits per heavy atom. The highest BCUT2D eigenvalue weighted by Gasteiger charge is 2.39. The normalized spacial score (nSPS) is 31.8. The molecule has 2 fully saturated rings. The third-order valence-electron chi connectivity index (χ3n) is 4.29. The van der Waals surface area contributed by atoms with Crippen LogP contribution in [0, 0.1) is 0 Å². The van der Waals surface area contributed by atoms with Crippen molar-refractivity contribution < 1.29 is 5.11 Å². The van der Waals surface area contributed by atoms with Crippen LogP contribution in [0.2, 0.25) is 0 Å². The van der Waals surface area contributed by atoms with E-state index in [4.69, 9.17) is 5.73 Å². The lowest BCUT2D eigenvalue weighted by atomic mass is 9.99. The van der Waals surface area contributed by atoms with Gasteiger partial charge in [-0.3, -0.25) is 4.90 Å². The average Bonchev–Trinajstić information content (AvgIpc) is 2.56. The SMILES string of the molecule is Nc1ccc(CN2C3CCC2CC(O)C3)c(Br)c1. The van der Waals surface area contributed by atoms with Crippen LogP contribution in [-0.4, -0.2) is 28.2 Å². The van der Waals surface area contributed by atoms with Gasteiger partial charge >= 0.3 is 0 Å². The summed E-state index contributed by atoms with van der Waals surface area (Å²) in [4.78, 5) is 2.56. The molecule has 2 atom stereocenters. The Balaban J connectivity index is 1.77. The molecule has 0 amide bonds. The number of hydrogen-bond acceptors (Lipinski definition) is 3. The zero-order valence-electron chi connectivity index (χ0n) is 10.3. The molecule has 2 aliphatic heterocycles. The van der Waals surface area contributed by atoms with Crippen LogP contribution in [0.25, 0.3) is 0 Å². The van der Waals surface area contributed by atoms with Crippen LogP contribution in [0.4, 0.5) is 5.69 Å². The van der Waals surface area contributed by atoms with Crippen LogP contribution in [0.15, 0.2) is 22.7 Å². The van der Waals surface area contributed by atoms with E-state index in [2.05, 4.69) is 26.9 Å². The van der Waals surface area contributed by atoms with E-state index in [1.807, 2.05) is 12.1 Å². The van der Waals surface area contributed by atoms with Gasteiger partial charge < -0.3 is 10.8 Å². The molecular formula is C14H19BrN2O. The van der Waals surface area contributed by atoms with Gasteiger partial charge in [-0.1, -0.05) is 22.0 Å². The maximum atomic E-state index is 9.81. The molecule has 3 N–H and O–H groups in total. The molecule has 1 aromatic rings. The van der Waals surface area contributed by atoms with Crippen molar-refractivity contribution in [2.75, 3.05) is 5.73 Å². The molecule has 0 aliphatic carbocycles. The van der Waals surface area contributed by atoms with Gasteiger partial charge in [0.15, 0.2) is 0 Å². The monoisotopic (exact) mass is 310 g/mol. The van der Waals surface area contributed by atoms with Crippen molar-refractivity contribution >= 4 is 21.6 Å². The van der Waals surface area contributed by atoms with Crippen LogP contribution in [-0.2, 0) is 6.54 Å². The van der Waals surface area contributed by atoms with E-state index in [1.165, 1.54) is 18.4 Å². The van der Waals surface area contributed by atoms with Gasteiger partial charge in [0.1, 0.15) is 0 Å². The maximum Gasteiger partial charge on any atom is 0.0570 e. The number of benzene rings is 1. The first-order valence-electron chi connectivity index (χ1n) is 6.61.